The molecule has 34 heavy (non-hydrogen) atoms. The van der Waals surface area contributed by atoms with E-state index in [9.17, 15) is 9.90 Å². The van der Waals surface area contributed by atoms with Gasteiger partial charge in [-0.05, 0) is 55.8 Å². The number of aliphatic hydroxyl groups is 1. The largest absolute Gasteiger partial charge is 0.496 e. The second-order valence-electron chi connectivity index (χ2n) is 8.51. The lowest BCUT2D eigenvalue weighted by molar-refractivity contribution is 0.0914. The second-order valence-corrected chi connectivity index (χ2v) is 8.51. The zero-order valence-corrected chi connectivity index (χ0v) is 19.5. The van der Waals surface area contributed by atoms with Gasteiger partial charge in [-0.1, -0.05) is 30.3 Å². The molecule has 0 fully saturated rings. The van der Waals surface area contributed by atoms with Crippen LogP contribution in [0.3, 0.4) is 0 Å². The maximum Gasteiger partial charge on any atom is 0.203 e. The van der Waals surface area contributed by atoms with Gasteiger partial charge in [0.15, 0.2) is 6.61 Å². The summed E-state index contributed by atoms with van der Waals surface area (Å²) in [5.74, 6) is 1.82. The van der Waals surface area contributed by atoms with Crippen molar-refractivity contribution in [3.8, 4) is 23.0 Å². The van der Waals surface area contributed by atoms with Gasteiger partial charge < -0.3 is 24.1 Å². The highest BCUT2D eigenvalue weighted by atomic mass is 16.5. The molecule has 3 aromatic rings. The fraction of sp³-hybridized carbons (Fsp3) is 0.250. The van der Waals surface area contributed by atoms with E-state index in [1.54, 1.807) is 30.3 Å². The number of hydrogen-bond acceptors (Lipinski definition) is 6. The lowest BCUT2D eigenvalue weighted by atomic mass is 9.99. The number of methoxy groups -OCH3 is 1. The Morgan fingerprint density at radius 3 is 2.56 bits per heavy atom. The first-order valence-corrected chi connectivity index (χ1v) is 11.1. The lowest BCUT2D eigenvalue weighted by Crippen LogP contribution is -2.27. The molecule has 0 radical (unpaired) electrons. The van der Waals surface area contributed by atoms with Crippen LogP contribution in [0.25, 0.3) is 6.08 Å². The zero-order valence-electron chi connectivity index (χ0n) is 19.5. The predicted octanol–water partition coefficient (Wildman–Crippen LogP) is 5.21. The highest BCUT2D eigenvalue weighted by molar-refractivity contribution is 6.00. The van der Waals surface area contributed by atoms with Gasteiger partial charge in [0.05, 0.1) is 24.8 Å². The Labute approximate surface area is 199 Å². The molecule has 1 heterocycles. The Bertz CT molecular complexity index is 1200. The third-order valence-corrected chi connectivity index (χ3v) is 5.50. The summed E-state index contributed by atoms with van der Waals surface area (Å²) in [5.41, 5.74) is 2.27. The molecule has 1 aliphatic rings. The van der Waals surface area contributed by atoms with Crippen LogP contribution in [0.4, 0.5) is 0 Å². The summed E-state index contributed by atoms with van der Waals surface area (Å²) in [5, 5.41) is 9.79. The van der Waals surface area contributed by atoms with Crippen LogP contribution in [0.2, 0.25) is 0 Å². The van der Waals surface area contributed by atoms with Crippen molar-refractivity contribution in [2.75, 3.05) is 13.7 Å². The molecule has 4 rings (SSSR count). The molecular weight excluding hydrogens is 432 g/mol. The Balaban J connectivity index is 1.49. The van der Waals surface area contributed by atoms with Crippen molar-refractivity contribution in [1.82, 2.24) is 0 Å². The van der Waals surface area contributed by atoms with Gasteiger partial charge in [0.2, 0.25) is 5.78 Å². The topological polar surface area (TPSA) is 74.2 Å². The van der Waals surface area contributed by atoms with Gasteiger partial charge in [-0.3, -0.25) is 4.79 Å². The number of aliphatic hydroxyl groups excluding tert-OH is 1. The summed E-state index contributed by atoms with van der Waals surface area (Å²) in [4.78, 5) is 13.0. The fourth-order valence-corrected chi connectivity index (χ4v) is 3.72. The van der Waals surface area contributed by atoms with Gasteiger partial charge in [0.1, 0.15) is 35.2 Å². The molecule has 6 heteroatoms. The van der Waals surface area contributed by atoms with Crippen molar-refractivity contribution in [3.63, 3.8) is 0 Å². The van der Waals surface area contributed by atoms with Crippen molar-refractivity contribution < 1.29 is 28.8 Å². The molecular formula is C28H28O6. The fourth-order valence-electron chi connectivity index (χ4n) is 3.72. The molecule has 0 saturated carbocycles. The van der Waals surface area contributed by atoms with Crippen LogP contribution in [0.5, 0.6) is 23.0 Å². The quantitative estimate of drug-likeness (QED) is 0.442. The van der Waals surface area contributed by atoms with Crippen LogP contribution < -0.4 is 18.9 Å². The first kappa shape index (κ1) is 23.4. The van der Waals surface area contributed by atoms with Crippen molar-refractivity contribution in [1.29, 1.82) is 0 Å². The molecule has 0 spiro atoms. The standard InChI is InChI=1S/C28H28O6/c1-28(2)14-13-23-25(34-28)12-9-20(16-29)27(23)33-18-24(30)22-11-10-21(15-26(22)31-3)32-17-19-7-5-4-6-8-19/h4-15,29H,16-18H2,1-3H3. The Morgan fingerprint density at radius 2 is 1.82 bits per heavy atom. The van der Waals surface area contributed by atoms with E-state index in [-0.39, 0.29) is 19.0 Å². The summed E-state index contributed by atoms with van der Waals surface area (Å²) in [6, 6.07) is 18.5. The van der Waals surface area contributed by atoms with Gasteiger partial charge in [0.25, 0.3) is 0 Å². The van der Waals surface area contributed by atoms with Crippen LogP contribution in [0, 0.1) is 0 Å². The van der Waals surface area contributed by atoms with Gasteiger partial charge in [0, 0.05) is 11.6 Å². The van der Waals surface area contributed by atoms with Crippen LogP contribution in [0.1, 0.15) is 40.9 Å². The first-order chi connectivity index (χ1) is 16.4. The minimum absolute atomic E-state index is 0.217. The number of rotatable bonds is 9. The minimum atomic E-state index is -0.446. The minimum Gasteiger partial charge on any atom is -0.496 e. The number of carbonyl (C=O) groups is 1. The molecule has 0 bridgehead atoms. The summed E-state index contributed by atoms with van der Waals surface area (Å²) >= 11 is 0. The molecule has 0 atom stereocenters. The van der Waals surface area contributed by atoms with E-state index in [0.717, 1.165) is 5.56 Å². The number of benzene rings is 3. The van der Waals surface area contributed by atoms with Gasteiger partial charge in [-0.15, -0.1) is 0 Å². The van der Waals surface area contributed by atoms with Crippen LogP contribution >= 0.6 is 0 Å². The van der Waals surface area contributed by atoms with Crippen molar-refractivity contribution >= 4 is 11.9 Å². The van der Waals surface area contributed by atoms with E-state index in [1.165, 1.54) is 7.11 Å². The van der Waals surface area contributed by atoms with E-state index >= 15 is 0 Å². The van der Waals surface area contributed by atoms with E-state index in [1.807, 2.05) is 56.3 Å². The molecule has 0 aromatic heterocycles. The van der Waals surface area contributed by atoms with E-state index in [0.29, 0.717) is 46.3 Å². The SMILES string of the molecule is COc1cc(OCc2ccccc2)ccc1C(=O)COc1c(CO)ccc2c1C=CC(C)(C)O2. The van der Waals surface area contributed by atoms with E-state index < -0.39 is 5.60 Å². The van der Waals surface area contributed by atoms with Crippen LogP contribution in [0.15, 0.2) is 66.7 Å². The highest BCUT2D eigenvalue weighted by Gasteiger charge is 2.25. The molecule has 0 amide bonds. The lowest BCUT2D eigenvalue weighted by Gasteiger charge is -2.29. The summed E-state index contributed by atoms with van der Waals surface area (Å²) in [6.07, 6.45) is 3.82. The smallest absolute Gasteiger partial charge is 0.203 e. The number of carbonyl (C=O) groups excluding carboxylic acids is 1. The average Bonchev–Trinajstić information content (AvgIpc) is 2.85. The monoisotopic (exact) mass is 460 g/mol. The normalized spacial score (nSPS) is 13.5. The number of Topliss-reactive ketones (excluding diaryl/α,β-unsaturated/α-hetero) is 1. The van der Waals surface area contributed by atoms with Crippen molar-refractivity contribution in [3.05, 3.63) is 89.0 Å². The third-order valence-electron chi connectivity index (χ3n) is 5.50. The molecule has 0 saturated heterocycles. The molecule has 3 aromatic carbocycles. The van der Waals surface area contributed by atoms with Crippen LogP contribution in [-0.4, -0.2) is 30.2 Å². The third kappa shape index (κ3) is 5.24. The predicted molar refractivity (Wildman–Crippen MR) is 130 cm³/mol. The molecule has 1 aliphatic heterocycles. The highest BCUT2D eigenvalue weighted by Crippen LogP contribution is 2.39. The zero-order chi connectivity index (χ0) is 24.1. The Hall–Kier alpha value is -3.77. The molecule has 0 aliphatic carbocycles. The molecule has 6 nitrogen and oxygen atoms in total. The summed E-state index contributed by atoms with van der Waals surface area (Å²) in [6.45, 7) is 3.88. The van der Waals surface area contributed by atoms with Gasteiger partial charge in [-0.25, -0.2) is 0 Å². The van der Waals surface area contributed by atoms with Crippen molar-refractivity contribution in [2.24, 2.45) is 0 Å². The molecule has 0 unspecified atom stereocenters. The number of hydrogen-bond donors (Lipinski definition) is 1. The van der Waals surface area contributed by atoms with E-state index in [2.05, 4.69) is 0 Å². The maximum absolute atomic E-state index is 13.0. The molecule has 1 N–H and O–H groups in total. The number of ether oxygens (including phenoxy) is 4. The van der Waals surface area contributed by atoms with Gasteiger partial charge in [-0.2, -0.15) is 0 Å². The number of ketones is 1. The average molecular weight is 461 g/mol. The molecule has 176 valence electrons. The maximum atomic E-state index is 13.0. The van der Waals surface area contributed by atoms with Crippen molar-refractivity contribution in [2.45, 2.75) is 32.7 Å². The van der Waals surface area contributed by atoms with Crippen LogP contribution in [-0.2, 0) is 13.2 Å². The summed E-state index contributed by atoms with van der Waals surface area (Å²) in [7, 11) is 1.51. The second kappa shape index (κ2) is 10.0. The Morgan fingerprint density at radius 1 is 1.03 bits per heavy atom. The van der Waals surface area contributed by atoms with Gasteiger partial charge >= 0.3 is 0 Å². The first-order valence-electron chi connectivity index (χ1n) is 11.1. The number of fused-ring (bicyclic) bond motifs is 1. The Kier molecular flexibility index (Phi) is 6.89. The summed E-state index contributed by atoms with van der Waals surface area (Å²) < 4.78 is 23.2. The van der Waals surface area contributed by atoms with E-state index in [4.69, 9.17) is 18.9 Å².